The van der Waals surface area contributed by atoms with Gasteiger partial charge >= 0.3 is 0 Å². The first-order chi connectivity index (χ1) is 8.93. The molecule has 0 aliphatic carbocycles. The summed E-state index contributed by atoms with van der Waals surface area (Å²) < 4.78 is 5.50. The molecule has 0 saturated heterocycles. The lowest BCUT2D eigenvalue weighted by Crippen LogP contribution is -2.42. The maximum Gasteiger partial charge on any atom is 0.260 e. The summed E-state index contributed by atoms with van der Waals surface area (Å²) in [5.74, 6) is 0.340. The Morgan fingerprint density at radius 1 is 1.30 bits per heavy atom. The summed E-state index contributed by atoms with van der Waals surface area (Å²) >= 11 is 11.7. The third-order valence-electron chi connectivity index (χ3n) is 2.65. The summed E-state index contributed by atoms with van der Waals surface area (Å²) in [6.07, 6.45) is -0.596. The summed E-state index contributed by atoms with van der Waals surface area (Å²) in [5, 5.41) is 6.68. The molecule has 2 unspecified atom stereocenters. The van der Waals surface area contributed by atoms with Gasteiger partial charge in [0.25, 0.3) is 5.91 Å². The number of hydrogen-bond donors (Lipinski definition) is 2. The molecule has 1 aromatic rings. The van der Waals surface area contributed by atoms with Crippen LogP contribution in [0.25, 0.3) is 0 Å². The third-order valence-corrected chi connectivity index (χ3v) is 3.39. The molecule has 2 atom stereocenters. The first-order valence-electron chi connectivity index (χ1n) is 6.00. The van der Waals surface area contributed by atoms with Gasteiger partial charge in [-0.2, -0.15) is 0 Å². The third kappa shape index (κ3) is 6.18. The molecular formula is C13H19Cl3N2O2. The molecule has 0 radical (unpaired) electrons. The molecule has 114 valence electrons. The molecule has 1 aromatic carbocycles. The zero-order valence-corrected chi connectivity index (χ0v) is 13.9. The van der Waals surface area contributed by atoms with Gasteiger partial charge in [0.15, 0.2) is 6.10 Å². The van der Waals surface area contributed by atoms with E-state index in [1.54, 1.807) is 25.1 Å². The number of nitrogens with one attached hydrogen (secondary N) is 2. The van der Waals surface area contributed by atoms with Crippen molar-refractivity contribution in [3.05, 3.63) is 28.2 Å². The van der Waals surface area contributed by atoms with Crippen molar-refractivity contribution in [3.8, 4) is 5.75 Å². The Balaban J connectivity index is 0.00000361. The predicted molar refractivity (Wildman–Crippen MR) is 85.3 cm³/mol. The highest BCUT2D eigenvalue weighted by Gasteiger charge is 2.15. The molecule has 0 aliphatic heterocycles. The van der Waals surface area contributed by atoms with E-state index in [0.29, 0.717) is 22.3 Å². The molecule has 1 amide bonds. The van der Waals surface area contributed by atoms with Gasteiger partial charge < -0.3 is 15.4 Å². The highest BCUT2D eigenvalue weighted by atomic mass is 35.5. The van der Waals surface area contributed by atoms with Crippen LogP contribution in [0.4, 0.5) is 0 Å². The van der Waals surface area contributed by atoms with Crippen molar-refractivity contribution in [2.45, 2.75) is 26.0 Å². The van der Waals surface area contributed by atoms with Crippen molar-refractivity contribution in [1.29, 1.82) is 0 Å². The fourth-order valence-electron chi connectivity index (χ4n) is 1.31. The predicted octanol–water partition coefficient (Wildman–Crippen LogP) is 2.91. The first kappa shape index (κ1) is 19.3. The number of halogens is 3. The molecule has 0 saturated carbocycles. The van der Waals surface area contributed by atoms with E-state index in [1.165, 1.54) is 0 Å². The monoisotopic (exact) mass is 340 g/mol. The quantitative estimate of drug-likeness (QED) is 0.836. The van der Waals surface area contributed by atoms with Gasteiger partial charge in [0.1, 0.15) is 5.75 Å². The average molecular weight is 342 g/mol. The number of amides is 1. The van der Waals surface area contributed by atoms with E-state index in [0.717, 1.165) is 0 Å². The van der Waals surface area contributed by atoms with E-state index in [4.69, 9.17) is 27.9 Å². The minimum atomic E-state index is -0.596. The Morgan fingerprint density at radius 3 is 2.50 bits per heavy atom. The average Bonchev–Trinajstić information content (AvgIpc) is 2.39. The summed E-state index contributed by atoms with van der Waals surface area (Å²) in [6, 6.07) is 5.10. The molecule has 0 spiro atoms. The van der Waals surface area contributed by atoms with E-state index in [1.807, 2.05) is 14.0 Å². The van der Waals surface area contributed by atoms with Crippen molar-refractivity contribution in [3.63, 3.8) is 0 Å². The molecule has 0 bridgehead atoms. The number of hydrogen-bond acceptors (Lipinski definition) is 3. The molecule has 0 aromatic heterocycles. The van der Waals surface area contributed by atoms with Crippen LogP contribution in [0.3, 0.4) is 0 Å². The lowest BCUT2D eigenvalue weighted by Gasteiger charge is -2.17. The second-order valence-electron chi connectivity index (χ2n) is 4.27. The Kier molecular flexibility index (Phi) is 8.98. The van der Waals surface area contributed by atoms with E-state index in [-0.39, 0.29) is 24.4 Å². The lowest BCUT2D eigenvalue weighted by molar-refractivity contribution is -0.127. The van der Waals surface area contributed by atoms with Crippen LogP contribution in [-0.4, -0.2) is 31.6 Å². The van der Waals surface area contributed by atoms with Crippen molar-refractivity contribution < 1.29 is 9.53 Å². The molecule has 20 heavy (non-hydrogen) atoms. The van der Waals surface area contributed by atoms with Crippen LogP contribution >= 0.6 is 35.6 Å². The van der Waals surface area contributed by atoms with Gasteiger partial charge in [-0.25, -0.2) is 0 Å². The van der Waals surface area contributed by atoms with Crippen LogP contribution in [0.15, 0.2) is 18.2 Å². The summed E-state index contributed by atoms with van der Waals surface area (Å²) in [5.41, 5.74) is 0. The van der Waals surface area contributed by atoms with Crippen LogP contribution in [0, 0.1) is 0 Å². The highest BCUT2D eigenvalue weighted by molar-refractivity contribution is 6.42. The van der Waals surface area contributed by atoms with Gasteiger partial charge in [0.05, 0.1) is 10.0 Å². The fourth-order valence-corrected chi connectivity index (χ4v) is 1.60. The van der Waals surface area contributed by atoms with Gasteiger partial charge in [0.2, 0.25) is 0 Å². The minimum Gasteiger partial charge on any atom is -0.481 e. The molecule has 7 heteroatoms. The molecule has 0 fully saturated rings. The number of carbonyl (C=O) groups excluding carboxylic acids is 1. The Bertz CT molecular complexity index is 444. The second kappa shape index (κ2) is 9.29. The molecule has 2 N–H and O–H groups in total. The highest BCUT2D eigenvalue weighted by Crippen LogP contribution is 2.26. The van der Waals surface area contributed by atoms with Crippen LogP contribution in [-0.2, 0) is 4.79 Å². The number of ether oxygens (including phenoxy) is 1. The zero-order valence-electron chi connectivity index (χ0n) is 11.6. The van der Waals surface area contributed by atoms with E-state index < -0.39 is 6.10 Å². The van der Waals surface area contributed by atoms with Crippen molar-refractivity contribution >= 4 is 41.5 Å². The standard InChI is InChI=1S/C13H18Cl2N2O2.ClH/c1-8(16-3)7-17-13(18)9(2)19-10-4-5-11(14)12(15)6-10;/h4-6,8-9,16H,7H2,1-3H3,(H,17,18);1H. The van der Waals surface area contributed by atoms with Crippen molar-refractivity contribution in [2.75, 3.05) is 13.6 Å². The van der Waals surface area contributed by atoms with Crippen LogP contribution in [0.2, 0.25) is 10.0 Å². The zero-order chi connectivity index (χ0) is 14.4. The van der Waals surface area contributed by atoms with Gasteiger partial charge in [-0.05, 0) is 33.0 Å². The SMILES string of the molecule is CNC(C)CNC(=O)C(C)Oc1ccc(Cl)c(Cl)c1.Cl. The first-order valence-corrected chi connectivity index (χ1v) is 6.76. The normalized spacial score (nSPS) is 13.1. The fraction of sp³-hybridized carbons (Fsp3) is 0.462. The van der Waals surface area contributed by atoms with Gasteiger partial charge in [-0.15, -0.1) is 12.4 Å². The van der Waals surface area contributed by atoms with Crippen LogP contribution in [0.5, 0.6) is 5.75 Å². The number of rotatable bonds is 6. The largest absolute Gasteiger partial charge is 0.481 e. The van der Waals surface area contributed by atoms with E-state index in [2.05, 4.69) is 10.6 Å². The van der Waals surface area contributed by atoms with Crippen LogP contribution < -0.4 is 15.4 Å². The summed E-state index contributed by atoms with van der Waals surface area (Å²) in [7, 11) is 1.84. The maximum atomic E-state index is 11.8. The molecule has 1 rings (SSSR count). The molecular weight excluding hydrogens is 323 g/mol. The Morgan fingerprint density at radius 2 is 1.95 bits per heavy atom. The van der Waals surface area contributed by atoms with Gasteiger partial charge in [-0.1, -0.05) is 23.2 Å². The van der Waals surface area contributed by atoms with E-state index in [9.17, 15) is 4.79 Å². The minimum absolute atomic E-state index is 0. The van der Waals surface area contributed by atoms with E-state index >= 15 is 0 Å². The molecule has 0 heterocycles. The van der Waals surface area contributed by atoms with Gasteiger partial charge in [-0.3, -0.25) is 4.79 Å². The summed E-state index contributed by atoms with van der Waals surface area (Å²) in [4.78, 5) is 11.8. The Labute approximate surface area is 135 Å². The lowest BCUT2D eigenvalue weighted by atomic mass is 10.3. The number of benzene rings is 1. The topological polar surface area (TPSA) is 50.4 Å². The van der Waals surface area contributed by atoms with Crippen molar-refractivity contribution in [1.82, 2.24) is 10.6 Å². The second-order valence-corrected chi connectivity index (χ2v) is 5.09. The van der Waals surface area contributed by atoms with Gasteiger partial charge in [0, 0.05) is 18.7 Å². The molecule has 4 nitrogen and oxygen atoms in total. The smallest absolute Gasteiger partial charge is 0.260 e. The van der Waals surface area contributed by atoms with Crippen molar-refractivity contribution in [2.24, 2.45) is 0 Å². The number of carbonyl (C=O) groups is 1. The number of likely N-dealkylation sites (N-methyl/N-ethyl adjacent to an activating group) is 1. The van der Waals surface area contributed by atoms with Crippen LogP contribution in [0.1, 0.15) is 13.8 Å². The molecule has 0 aliphatic rings. The summed E-state index contributed by atoms with van der Waals surface area (Å²) in [6.45, 7) is 4.21. The maximum absolute atomic E-state index is 11.8. The Hall–Kier alpha value is -0.680.